The van der Waals surface area contributed by atoms with Crippen LogP contribution in [0.1, 0.15) is 66.5 Å². The molecule has 2 unspecified atom stereocenters. The number of nitrogens with one attached hydrogen (secondary N) is 5. The quantitative estimate of drug-likeness (QED) is 0.0837. The van der Waals surface area contributed by atoms with Gasteiger partial charge in [0.2, 0.25) is 27.7 Å². The van der Waals surface area contributed by atoms with E-state index in [1.54, 1.807) is 22.2 Å². The van der Waals surface area contributed by atoms with Gasteiger partial charge in [0.25, 0.3) is 5.91 Å². The number of aryl methyl sites for hydroxylation is 1. The molecule has 0 bridgehead atoms. The Labute approximate surface area is 396 Å². The minimum Gasteiger partial charge on any atom is -0.391 e. The molecule has 1 aliphatic heterocycles. The Hall–Kier alpha value is -6.48. The molecule has 17 nitrogen and oxygen atoms in total. The number of thiazole rings is 2. The molecule has 3 aromatic heterocycles. The van der Waals surface area contributed by atoms with Crippen molar-refractivity contribution in [1.29, 1.82) is 0 Å². The van der Waals surface area contributed by atoms with E-state index in [1.807, 2.05) is 101 Å². The van der Waals surface area contributed by atoms with Crippen molar-refractivity contribution < 1.29 is 37.5 Å². The standard InChI is InChI=1S/C47H53N9O8S3/c1-29-39(66-28-51-29)32-15-13-30(14-16-32)22-48-42(60)36-20-35(57)25-56(36)43(61)40(46(2,3)4)54-44(62)50-27-47(18-9-12-33(21-47)31-10-7-6-8-11-31)37-26-65-45(52-37)53-38(58)23-49-41(59)34-17-19-55(24-34)67(5,63)64/h6-19,24,26,28,35-36,40,57H,20-23,25,27H2,1-5H3,(H,48,60)(H,49,59)(H2,50,54,62)(H,52,53,58)/t35-,36+,40?,47?/m1/s1. The first kappa shape index (κ1) is 48.5. The number of nitrogens with zero attached hydrogens (tertiary/aromatic N) is 4. The number of carbonyl (C=O) groups excluding carboxylic acids is 5. The Morgan fingerprint density at radius 2 is 1.72 bits per heavy atom. The fraction of sp³-hybridized carbons (Fsp3) is 0.340. The average Bonchev–Trinajstić information content (AvgIpc) is 4.14. The molecule has 5 aromatic rings. The van der Waals surface area contributed by atoms with E-state index >= 15 is 0 Å². The predicted octanol–water partition coefficient (Wildman–Crippen LogP) is 4.83. The largest absolute Gasteiger partial charge is 0.391 e. The van der Waals surface area contributed by atoms with E-state index in [0.717, 1.165) is 60.6 Å². The molecule has 1 aliphatic carbocycles. The number of benzene rings is 2. The zero-order valence-corrected chi connectivity index (χ0v) is 40.1. The number of β-amino-alcohol motifs (C(OH)–C–C–N with tert-alkyl or cyclic N) is 1. The van der Waals surface area contributed by atoms with Crippen molar-refractivity contribution in [3.05, 3.63) is 130 Å². The van der Waals surface area contributed by atoms with Crippen LogP contribution in [0.4, 0.5) is 9.93 Å². The molecule has 6 N–H and O–H groups in total. The van der Waals surface area contributed by atoms with Gasteiger partial charge in [-0.1, -0.05) is 93.6 Å². The summed E-state index contributed by atoms with van der Waals surface area (Å²) in [7, 11) is -3.59. The summed E-state index contributed by atoms with van der Waals surface area (Å²) in [4.78, 5) is 79.1. The van der Waals surface area contributed by atoms with Crippen LogP contribution in [-0.4, -0.2) is 106 Å². The molecule has 0 spiro atoms. The van der Waals surface area contributed by atoms with Crippen LogP contribution in [0.25, 0.3) is 16.0 Å². The molecule has 2 aromatic carbocycles. The highest BCUT2D eigenvalue weighted by molar-refractivity contribution is 7.89. The van der Waals surface area contributed by atoms with Crippen LogP contribution in [-0.2, 0) is 36.4 Å². The molecule has 0 saturated carbocycles. The van der Waals surface area contributed by atoms with E-state index < -0.39 is 75.2 Å². The smallest absolute Gasteiger partial charge is 0.315 e. The van der Waals surface area contributed by atoms with Gasteiger partial charge in [0.1, 0.15) is 12.1 Å². The molecule has 20 heteroatoms. The highest BCUT2D eigenvalue weighted by Gasteiger charge is 2.45. The van der Waals surface area contributed by atoms with E-state index in [-0.39, 0.29) is 36.8 Å². The van der Waals surface area contributed by atoms with Crippen molar-refractivity contribution in [3.63, 3.8) is 0 Å². The van der Waals surface area contributed by atoms with Crippen LogP contribution >= 0.6 is 22.7 Å². The SMILES string of the molecule is Cc1ncsc1-c1ccc(CNC(=O)[C@@H]2C[C@@H](O)CN2C(=O)C(NC(=O)NCC2(c3csc(NC(=O)CNC(=O)c4ccn(S(C)(=O)=O)c4)n3)C=CC=C(c3ccccc3)C2)C(C)(C)C)cc1. The fourth-order valence-electron chi connectivity index (χ4n) is 7.95. The zero-order valence-electron chi connectivity index (χ0n) is 37.6. The summed E-state index contributed by atoms with van der Waals surface area (Å²) in [6.07, 6.45) is 8.73. The summed E-state index contributed by atoms with van der Waals surface area (Å²) in [5.74, 6) is -2.12. The third-order valence-electron chi connectivity index (χ3n) is 11.6. The first-order valence-corrected chi connectivity index (χ1v) is 25.1. The number of urea groups is 1. The van der Waals surface area contributed by atoms with E-state index in [9.17, 15) is 37.5 Å². The lowest BCUT2D eigenvalue weighted by Crippen LogP contribution is -2.59. The van der Waals surface area contributed by atoms with E-state index in [0.29, 0.717) is 12.1 Å². The molecule has 4 atom stereocenters. The topological polar surface area (TPSA) is 234 Å². The molecule has 6 amide bonds. The minimum atomic E-state index is -3.59. The number of likely N-dealkylation sites (tertiary alicyclic amines) is 1. The van der Waals surface area contributed by atoms with Gasteiger partial charge in [0.15, 0.2) is 5.13 Å². The molecule has 4 heterocycles. The Kier molecular flexibility index (Phi) is 14.6. The van der Waals surface area contributed by atoms with Crippen molar-refractivity contribution in [1.82, 2.24) is 40.1 Å². The summed E-state index contributed by atoms with van der Waals surface area (Å²) in [5, 5.41) is 26.7. The summed E-state index contributed by atoms with van der Waals surface area (Å²) in [5.41, 5.74) is 5.46. The third-order valence-corrected chi connectivity index (χ3v) is 14.3. The summed E-state index contributed by atoms with van der Waals surface area (Å²) in [6.45, 7) is 7.14. The minimum absolute atomic E-state index is 0.0309. The maximum atomic E-state index is 14.4. The van der Waals surface area contributed by atoms with Crippen molar-refractivity contribution in [2.24, 2.45) is 5.41 Å². The number of aliphatic hydroxyl groups excluding tert-OH is 1. The van der Waals surface area contributed by atoms with Gasteiger partial charge >= 0.3 is 6.03 Å². The van der Waals surface area contributed by atoms with Crippen LogP contribution in [0.5, 0.6) is 0 Å². The van der Waals surface area contributed by atoms with Gasteiger partial charge in [0.05, 0.1) is 51.7 Å². The fourth-order valence-corrected chi connectivity index (χ4v) is 10.2. The average molecular weight is 968 g/mol. The number of allylic oxidation sites excluding steroid dienone is 3. The molecule has 1 saturated heterocycles. The molecule has 0 radical (unpaired) electrons. The second-order valence-corrected chi connectivity index (χ2v) is 21.3. The molecule has 7 rings (SSSR count). The number of rotatable bonds is 15. The first-order chi connectivity index (χ1) is 31.8. The van der Waals surface area contributed by atoms with Gasteiger partial charge in [0, 0.05) is 43.8 Å². The number of carbonyl (C=O) groups is 5. The molecule has 352 valence electrons. The zero-order chi connectivity index (χ0) is 48.1. The van der Waals surface area contributed by atoms with Gasteiger partial charge < -0.3 is 36.6 Å². The number of amides is 6. The van der Waals surface area contributed by atoms with Crippen molar-refractivity contribution in [2.45, 2.75) is 70.7 Å². The molecular weight excluding hydrogens is 915 g/mol. The van der Waals surface area contributed by atoms with Gasteiger partial charge in [-0.3, -0.25) is 23.2 Å². The first-order valence-electron chi connectivity index (χ1n) is 21.5. The lowest BCUT2D eigenvalue weighted by atomic mass is 9.74. The van der Waals surface area contributed by atoms with Crippen molar-refractivity contribution >= 4 is 73.1 Å². The van der Waals surface area contributed by atoms with Crippen molar-refractivity contribution in [2.75, 3.05) is 31.2 Å². The number of hydrogen-bond donors (Lipinski definition) is 6. The molecule has 1 fully saturated rings. The monoisotopic (exact) mass is 967 g/mol. The van der Waals surface area contributed by atoms with Gasteiger partial charge in [-0.25, -0.2) is 23.2 Å². The summed E-state index contributed by atoms with van der Waals surface area (Å²) < 4.78 is 24.5. The Morgan fingerprint density at radius 1 is 0.970 bits per heavy atom. The highest BCUT2D eigenvalue weighted by atomic mass is 32.2. The van der Waals surface area contributed by atoms with Crippen molar-refractivity contribution in [3.8, 4) is 10.4 Å². The lowest BCUT2D eigenvalue weighted by Gasteiger charge is -2.36. The van der Waals surface area contributed by atoms with E-state index in [2.05, 4.69) is 31.6 Å². The summed E-state index contributed by atoms with van der Waals surface area (Å²) >= 11 is 2.72. The third kappa shape index (κ3) is 11.7. The maximum Gasteiger partial charge on any atom is 0.315 e. The van der Waals surface area contributed by atoms with Crippen LogP contribution in [0.3, 0.4) is 0 Å². The van der Waals surface area contributed by atoms with E-state index in [1.165, 1.54) is 17.2 Å². The van der Waals surface area contributed by atoms with Crippen LogP contribution < -0.4 is 26.6 Å². The maximum absolute atomic E-state index is 14.4. The Balaban J connectivity index is 1.01. The predicted molar refractivity (Wildman–Crippen MR) is 258 cm³/mol. The number of hydrogen-bond acceptors (Lipinski definition) is 12. The normalized spacial score (nSPS) is 18.7. The van der Waals surface area contributed by atoms with Gasteiger partial charge in [-0.2, -0.15) is 0 Å². The van der Waals surface area contributed by atoms with E-state index in [4.69, 9.17) is 4.98 Å². The number of anilines is 1. The van der Waals surface area contributed by atoms with Crippen LogP contribution in [0, 0.1) is 12.3 Å². The lowest BCUT2D eigenvalue weighted by molar-refractivity contribution is -0.142. The number of aromatic nitrogens is 3. The van der Waals surface area contributed by atoms with Crippen LogP contribution in [0.2, 0.25) is 0 Å². The van der Waals surface area contributed by atoms with Gasteiger partial charge in [-0.05, 0) is 47.1 Å². The molecule has 2 aliphatic rings. The highest BCUT2D eigenvalue weighted by Crippen LogP contribution is 2.40. The van der Waals surface area contributed by atoms with Crippen LogP contribution in [0.15, 0.2) is 102 Å². The Bertz CT molecular complexity index is 2810. The second-order valence-electron chi connectivity index (χ2n) is 17.7. The Morgan fingerprint density at radius 3 is 2.39 bits per heavy atom. The molecular formula is C47H53N9O8S3. The molecule has 67 heavy (non-hydrogen) atoms. The summed E-state index contributed by atoms with van der Waals surface area (Å²) in [6, 6.07) is 16.2. The second kappa shape index (κ2) is 20.2. The number of aliphatic hydroxyl groups is 1. The van der Waals surface area contributed by atoms with Gasteiger partial charge in [-0.15, -0.1) is 22.7 Å².